The van der Waals surface area contributed by atoms with Gasteiger partial charge in [0, 0.05) is 211 Å². The number of aromatic nitrogens is 11. The molecule has 0 bridgehead atoms. The molecule has 3 aliphatic heterocycles. The number of benzene rings is 5. The van der Waals surface area contributed by atoms with Crippen LogP contribution in [-0.4, -0.2) is 187 Å². The molecule has 0 aliphatic carbocycles. The number of amides is 5. The van der Waals surface area contributed by atoms with Crippen LogP contribution >= 0.6 is 77.2 Å². The Bertz CT molecular complexity index is 5940. The number of aliphatic imine (C=N–C) groups is 2. The maximum atomic E-state index is 14.5. The van der Waals surface area contributed by atoms with Crippen LogP contribution in [0.3, 0.4) is 0 Å². The number of fused-ring (bicyclic) bond motifs is 5. The van der Waals surface area contributed by atoms with Crippen molar-refractivity contribution in [3.05, 3.63) is 209 Å². The highest BCUT2D eigenvalue weighted by molar-refractivity contribution is 9.11. The van der Waals surface area contributed by atoms with Crippen LogP contribution < -0.4 is 21.3 Å². The first-order chi connectivity index (χ1) is 57.7. The number of ether oxygens (including phenoxy) is 1. The normalized spacial score (nSPS) is 12.9. The number of alkyl halides is 1. The number of likely N-dealkylation sites (N-methyl/N-ethyl adjacent to an activating group) is 1. The van der Waals surface area contributed by atoms with Crippen molar-refractivity contribution in [2.45, 2.75) is 98.0 Å². The molecule has 0 spiro atoms. The molecule has 9 heterocycles. The molecule has 6 aromatic heterocycles. The Labute approximate surface area is 777 Å². The van der Waals surface area contributed by atoms with Gasteiger partial charge in [0.15, 0.2) is 28.6 Å². The Kier molecular flexibility index (Phi) is 40.6. The zero-order valence-electron chi connectivity index (χ0n) is 65.8. The number of carbonyl (C=O) groups excluding carboxylic acids is 7. The van der Waals surface area contributed by atoms with Crippen molar-refractivity contribution in [2.24, 2.45) is 9.98 Å². The number of nitrogens with zero attached hydrogens (tertiary/aromatic N) is 14. The number of carboxylic acids is 2. The van der Waals surface area contributed by atoms with Crippen LogP contribution in [0.25, 0.3) is 55.0 Å². The van der Waals surface area contributed by atoms with E-state index in [1.165, 1.54) is 50.8 Å². The van der Waals surface area contributed by atoms with E-state index in [0.29, 0.717) is 73.5 Å². The summed E-state index contributed by atoms with van der Waals surface area (Å²) >= 11 is 37.6. The first-order valence-electron chi connectivity index (χ1n) is 35.4. The number of Topliss-reactive ketones (excluding diaryl/α,β-unsaturated/α-hetero) is 1. The van der Waals surface area contributed by atoms with Crippen LogP contribution in [0.4, 0.5) is 4.39 Å². The van der Waals surface area contributed by atoms with E-state index < -0.39 is 47.5 Å². The molecule has 6 N–H and O–H groups in total. The van der Waals surface area contributed by atoms with Crippen LogP contribution in [0.1, 0.15) is 98.3 Å². The van der Waals surface area contributed by atoms with Gasteiger partial charge in [0.05, 0.1) is 48.6 Å². The fraction of sp³-hybridized carbons (Fsp3) is 0.260. The van der Waals surface area contributed by atoms with Gasteiger partial charge in [-0.3, -0.25) is 62.4 Å². The largest absolute Gasteiger partial charge is 0.480 e. The number of hydrogen-bond donors (Lipinski definition) is 6. The number of aryl methyl sites for hydroxylation is 2. The van der Waals surface area contributed by atoms with Crippen molar-refractivity contribution in [2.75, 3.05) is 34.7 Å². The zero-order valence-corrected chi connectivity index (χ0v) is 80.5. The lowest BCUT2D eigenvalue weighted by molar-refractivity contribution is -0.155. The second kappa shape index (κ2) is 48.7. The minimum atomic E-state index is -1.31. The molecule has 122 heavy (non-hydrogen) atoms. The molecule has 0 saturated carbocycles. The molecule has 14 rings (SSSR count). The number of rotatable bonds is 16. The maximum absolute atomic E-state index is 14.5. The molecule has 5 aromatic carbocycles. The standard InChI is InChI=1S/C27H25BrFN7O3.C16H15N5O3.C15H18BrN3O3.C10H9BrN2O.C9H6BrNO2.S4.S3.S2.H2S/c1-15-31-11-17(12-32-15)16-6-7-21-20(8-16)26(27(39)30-2)34-36(21)14-25(38)35-13-18(29)9-22(35)23(37)10-19-4-3-5-24(28)33-19;1-9-18-6-11(7-19-9)10-3-4-13-12(5-10)15(16(24)17-2)20-21(13)8-14(22)23;1-15(2,3)22-12(20)8-19-11-6-5-9(16)7-10(11)13(18-19)14(21)17-4;1-12-10(14)9-8-4-7(11)3-2-6(8)5-13-9;10-6-2-1-5-4-11-8(9(12)13)7(5)3-6;1-3-4-2;1-3-2;1-2;/h3-8,11-12,18,22H,9-10,13-14H2,1-2H3,(H,30,39);3-7H,8H2,1-2H3,(H,17,24)(H,22,23);5-7H,8H2,1-4H3,(H,17,21);2-4H,5H2,1H3,(H,12,14);1-3H,4H2,(H,12,13);;;;1H2/t18-,22+;;;;;;;;/m1......../s1. The highest BCUT2D eigenvalue weighted by Crippen LogP contribution is 2.32. The van der Waals surface area contributed by atoms with Crippen LogP contribution in [0.15, 0.2) is 162 Å². The van der Waals surface area contributed by atoms with Gasteiger partial charge in [0.1, 0.15) is 53.4 Å². The summed E-state index contributed by atoms with van der Waals surface area (Å²) in [5.41, 5.74) is 10.0. The van der Waals surface area contributed by atoms with Gasteiger partial charge in [0.2, 0.25) is 5.91 Å². The highest BCUT2D eigenvalue weighted by Gasteiger charge is 2.40. The number of halogens is 5. The first-order valence-corrected chi connectivity index (χ1v) is 46.6. The first kappa shape index (κ1) is 102. The lowest BCUT2D eigenvalue weighted by Crippen LogP contribution is -2.43. The minimum Gasteiger partial charge on any atom is -0.480 e. The molecule has 1 fully saturated rings. The number of hydrogen-bond acceptors (Lipinski definition) is 26. The second-order valence-electron chi connectivity index (χ2n) is 26.4. The minimum absolute atomic E-state index is 0. The van der Waals surface area contributed by atoms with E-state index in [4.69, 9.17) is 14.9 Å². The van der Waals surface area contributed by atoms with Gasteiger partial charge in [-0.25, -0.2) is 34.1 Å². The third-order valence-corrected chi connectivity index (χ3v) is 21.4. The predicted molar refractivity (Wildman–Crippen MR) is 505 cm³/mol. The SMILES string of the molecule is CNC(=O)C1=NCc2ccc(Br)cc21.CNC(=O)c1nn(CC(=O)N2C[C@H](F)C[C@H]2C(=O)Cc2cccc(Br)n2)c2ccc(-c3cnc(C)nc3)cc12.CNC(=O)c1nn(CC(=O)O)c2ccc(-c3cnc(C)nc3)cc12.CNC(=O)c1nn(CC(=O)OC(C)(C)C)c2ccc(Br)cc12.O=C(O)C1=NCc2ccc(Br)cc21.S.S=S.S=S=S.S=S=S=S. The smallest absolute Gasteiger partial charge is 0.354 e. The molecule has 3 aliphatic rings. The second-order valence-corrected chi connectivity index (χ2v) is 35.3. The van der Waals surface area contributed by atoms with Gasteiger partial charge < -0.3 is 41.1 Å². The molecular formula is C77H75Br4FN18O12S10. The monoisotopic (exact) mass is 2100 g/mol. The lowest BCUT2D eigenvalue weighted by Gasteiger charge is -2.23. The average Bonchev–Trinajstić information content (AvgIpc) is 1.65. The van der Waals surface area contributed by atoms with Gasteiger partial charge in [-0.05, 0) is 152 Å². The average molecular weight is 2100 g/mol. The van der Waals surface area contributed by atoms with E-state index in [9.17, 15) is 47.5 Å². The predicted octanol–water partition coefficient (Wildman–Crippen LogP) is 10.2. The Morgan fingerprint density at radius 1 is 0.549 bits per heavy atom. The number of carbonyl (C=O) groups is 9. The summed E-state index contributed by atoms with van der Waals surface area (Å²) in [5.74, 6) is -3.04. The highest BCUT2D eigenvalue weighted by atomic mass is 79.9. The number of aliphatic carboxylic acids is 2. The summed E-state index contributed by atoms with van der Waals surface area (Å²) in [7, 11) is 9.41. The van der Waals surface area contributed by atoms with E-state index >= 15 is 0 Å². The Morgan fingerprint density at radius 2 is 0.959 bits per heavy atom. The summed E-state index contributed by atoms with van der Waals surface area (Å²) in [4.78, 5) is 139. The Hall–Kier alpha value is -9.23. The van der Waals surface area contributed by atoms with Gasteiger partial charge in [0.25, 0.3) is 23.6 Å². The Balaban J connectivity index is 0.000000242. The fourth-order valence-corrected chi connectivity index (χ4v) is 13.5. The number of nitrogens with one attached hydrogen (secondary N) is 4. The molecule has 5 amide bonds. The fourth-order valence-electron chi connectivity index (χ4n) is 12.0. The molecule has 640 valence electrons. The molecule has 30 nitrogen and oxygen atoms in total. The molecule has 11 aromatic rings. The third-order valence-electron chi connectivity index (χ3n) is 17.2. The van der Waals surface area contributed by atoms with E-state index in [-0.39, 0.29) is 98.8 Å². The lowest BCUT2D eigenvalue weighted by atomic mass is 10.0. The van der Waals surface area contributed by atoms with Crippen molar-refractivity contribution in [3.63, 3.8) is 0 Å². The number of pyridine rings is 1. The molecule has 0 unspecified atom stereocenters. The zero-order chi connectivity index (χ0) is 89.1. The van der Waals surface area contributed by atoms with E-state index in [0.717, 1.165) is 66.8 Å². The van der Waals surface area contributed by atoms with Crippen LogP contribution in [0.2, 0.25) is 0 Å². The molecular weight excluding hydrogens is 2030 g/mol. The summed E-state index contributed by atoms with van der Waals surface area (Å²) in [6.07, 6.45) is 5.39. The third kappa shape index (κ3) is 28.1. The van der Waals surface area contributed by atoms with Crippen LogP contribution in [0.5, 0.6) is 0 Å². The van der Waals surface area contributed by atoms with E-state index in [1.807, 2.05) is 54.6 Å². The van der Waals surface area contributed by atoms with Gasteiger partial charge in [-0.15, -0.1) is 0 Å². The van der Waals surface area contributed by atoms with Crippen molar-refractivity contribution in [1.82, 2.24) is 80.4 Å². The summed E-state index contributed by atoms with van der Waals surface area (Å²) < 4.78 is 27.2. The van der Waals surface area contributed by atoms with Crippen molar-refractivity contribution in [3.8, 4) is 22.3 Å². The summed E-state index contributed by atoms with van der Waals surface area (Å²) in [6.45, 7) is 9.28. The maximum Gasteiger partial charge on any atom is 0.354 e. The van der Waals surface area contributed by atoms with Gasteiger partial charge in [-0.2, -0.15) is 28.8 Å². The van der Waals surface area contributed by atoms with Crippen molar-refractivity contribution in [1.29, 1.82) is 0 Å². The topological polar surface area (TPSA) is 397 Å². The van der Waals surface area contributed by atoms with Crippen LogP contribution in [-0.2, 0) is 166 Å². The van der Waals surface area contributed by atoms with Crippen molar-refractivity contribution >= 4 is 268 Å². The molecule has 2 atom stereocenters. The van der Waals surface area contributed by atoms with Crippen LogP contribution in [0, 0.1) is 13.8 Å². The number of likely N-dealkylation sites (tertiary alicyclic amines) is 1. The summed E-state index contributed by atoms with van der Waals surface area (Å²) in [5, 5.41) is 42.7. The van der Waals surface area contributed by atoms with E-state index in [1.54, 1.807) is 128 Å². The summed E-state index contributed by atoms with van der Waals surface area (Å²) in [6, 6.07) is 32.0. The van der Waals surface area contributed by atoms with Gasteiger partial charge >= 0.3 is 17.9 Å². The number of carboxylic acid groups (broad SMARTS) is 2. The number of esters is 1. The van der Waals surface area contributed by atoms with E-state index in [2.05, 4.69) is 202 Å². The van der Waals surface area contributed by atoms with Gasteiger partial charge in [-0.1, -0.05) is 78.1 Å². The molecule has 45 heteroatoms. The molecule has 1 saturated heterocycles. The molecule has 0 radical (unpaired) electrons. The Morgan fingerprint density at radius 3 is 1.39 bits per heavy atom. The quantitative estimate of drug-likeness (QED) is 0.0387. The number of ketones is 1. The van der Waals surface area contributed by atoms with Crippen molar-refractivity contribution < 1.29 is 62.5 Å².